The molecule has 0 fully saturated rings. The van der Waals surface area contributed by atoms with Gasteiger partial charge in [0.1, 0.15) is 5.75 Å². The van der Waals surface area contributed by atoms with Crippen molar-refractivity contribution < 1.29 is 14.3 Å². The van der Waals surface area contributed by atoms with Crippen LogP contribution in [0.3, 0.4) is 0 Å². The molecule has 0 saturated carbocycles. The standard InChI is InChI=1S/C19H32NO3P/c1-5-6-7-8-12-22-19(21)20-18(15(4)24)16-10-9-11-17(13-16)23-14(2)3/h9-11,13-15,18H,5-8,12,24H2,1-4H3,(H,20,21)/t15-,18+/m0/s1. The molecule has 0 bridgehead atoms. The van der Waals surface area contributed by atoms with Crippen LogP contribution in [-0.2, 0) is 4.74 Å². The monoisotopic (exact) mass is 353 g/mol. The Labute approximate surface area is 148 Å². The molecule has 1 unspecified atom stereocenters. The normalized spacial score (nSPS) is 13.4. The van der Waals surface area contributed by atoms with Gasteiger partial charge in [-0.1, -0.05) is 45.2 Å². The summed E-state index contributed by atoms with van der Waals surface area (Å²) in [7, 11) is 2.75. The molecule has 4 nitrogen and oxygen atoms in total. The first-order valence-electron chi connectivity index (χ1n) is 8.89. The summed E-state index contributed by atoms with van der Waals surface area (Å²) in [5.41, 5.74) is 1.19. The van der Waals surface area contributed by atoms with E-state index in [4.69, 9.17) is 9.47 Å². The number of rotatable bonds is 10. The van der Waals surface area contributed by atoms with Gasteiger partial charge in [0.2, 0.25) is 0 Å². The van der Waals surface area contributed by atoms with Gasteiger partial charge in [-0.15, -0.1) is 9.24 Å². The highest BCUT2D eigenvalue weighted by Gasteiger charge is 2.20. The lowest BCUT2D eigenvalue weighted by Crippen LogP contribution is -2.33. The van der Waals surface area contributed by atoms with Crippen molar-refractivity contribution in [3.05, 3.63) is 29.8 Å². The van der Waals surface area contributed by atoms with Gasteiger partial charge in [-0.25, -0.2) is 4.79 Å². The van der Waals surface area contributed by atoms with Gasteiger partial charge in [0, 0.05) is 0 Å². The minimum Gasteiger partial charge on any atom is -0.491 e. The minimum absolute atomic E-state index is 0.119. The van der Waals surface area contributed by atoms with Gasteiger partial charge in [0.15, 0.2) is 0 Å². The van der Waals surface area contributed by atoms with Gasteiger partial charge in [-0.3, -0.25) is 0 Å². The van der Waals surface area contributed by atoms with Gasteiger partial charge in [-0.05, 0) is 43.6 Å². The zero-order valence-corrected chi connectivity index (χ0v) is 16.5. The van der Waals surface area contributed by atoms with E-state index in [9.17, 15) is 4.79 Å². The molecule has 1 rings (SSSR count). The number of carbonyl (C=O) groups is 1. The Morgan fingerprint density at radius 3 is 2.58 bits per heavy atom. The largest absolute Gasteiger partial charge is 0.491 e. The van der Waals surface area contributed by atoms with Crippen molar-refractivity contribution in [1.29, 1.82) is 0 Å². The molecule has 1 N–H and O–H groups in total. The SMILES string of the molecule is CCCCCCOC(=O)N[C@@H](c1cccc(OC(C)C)c1)[C@H](C)P. The highest BCUT2D eigenvalue weighted by molar-refractivity contribution is 7.17. The highest BCUT2D eigenvalue weighted by atomic mass is 31.0. The zero-order valence-electron chi connectivity index (χ0n) is 15.4. The molecule has 1 aromatic carbocycles. The van der Waals surface area contributed by atoms with E-state index in [0.717, 1.165) is 24.2 Å². The molecule has 3 atom stereocenters. The number of ether oxygens (including phenoxy) is 2. The number of hydrogen-bond donors (Lipinski definition) is 1. The van der Waals surface area contributed by atoms with Crippen LogP contribution in [0.2, 0.25) is 0 Å². The van der Waals surface area contributed by atoms with Crippen LogP contribution in [0.15, 0.2) is 24.3 Å². The average molecular weight is 353 g/mol. The second-order valence-electron chi connectivity index (χ2n) is 6.42. The quantitative estimate of drug-likeness (QED) is 0.471. The van der Waals surface area contributed by atoms with Gasteiger partial charge in [0.05, 0.1) is 18.8 Å². The van der Waals surface area contributed by atoms with Crippen LogP contribution in [0.1, 0.15) is 65.0 Å². The number of unbranched alkanes of at least 4 members (excludes halogenated alkanes) is 3. The van der Waals surface area contributed by atoms with E-state index in [1.165, 1.54) is 12.8 Å². The summed E-state index contributed by atoms with van der Waals surface area (Å²) in [6.07, 6.45) is 4.13. The Hall–Kier alpha value is -1.28. The predicted molar refractivity (Wildman–Crippen MR) is 103 cm³/mol. The van der Waals surface area contributed by atoms with Gasteiger partial charge in [-0.2, -0.15) is 0 Å². The molecule has 1 aromatic rings. The van der Waals surface area contributed by atoms with Crippen molar-refractivity contribution >= 4 is 15.3 Å². The van der Waals surface area contributed by atoms with E-state index in [-0.39, 0.29) is 23.9 Å². The number of carbonyl (C=O) groups excluding carboxylic acids is 1. The van der Waals surface area contributed by atoms with Crippen molar-refractivity contribution in [3.63, 3.8) is 0 Å². The molecule has 0 heterocycles. The van der Waals surface area contributed by atoms with Crippen LogP contribution in [0.25, 0.3) is 0 Å². The van der Waals surface area contributed by atoms with E-state index >= 15 is 0 Å². The summed E-state index contributed by atoms with van der Waals surface area (Å²) < 4.78 is 11.0. The van der Waals surface area contributed by atoms with E-state index < -0.39 is 0 Å². The molecule has 0 radical (unpaired) electrons. The second-order valence-corrected chi connectivity index (χ2v) is 7.47. The van der Waals surface area contributed by atoms with E-state index in [0.29, 0.717) is 6.61 Å². The van der Waals surface area contributed by atoms with Crippen molar-refractivity contribution in [1.82, 2.24) is 5.32 Å². The van der Waals surface area contributed by atoms with Gasteiger partial charge < -0.3 is 14.8 Å². The van der Waals surface area contributed by atoms with E-state index in [1.54, 1.807) is 0 Å². The van der Waals surface area contributed by atoms with Crippen molar-refractivity contribution in [2.45, 2.75) is 71.2 Å². The first-order valence-corrected chi connectivity index (χ1v) is 9.56. The lowest BCUT2D eigenvalue weighted by molar-refractivity contribution is 0.139. The average Bonchev–Trinajstić information content (AvgIpc) is 2.51. The summed E-state index contributed by atoms with van der Waals surface area (Å²) in [4.78, 5) is 12.1. The van der Waals surface area contributed by atoms with Crippen LogP contribution in [-0.4, -0.2) is 24.5 Å². The second kappa shape index (κ2) is 11.3. The summed E-state index contributed by atoms with van der Waals surface area (Å²) >= 11 is 0. The number of amides is 1. The molecule has 0 aliphatic rings. The Morgan fingerprint density at radius 2 is 1.96 bits per heavy atom. The molecule has 0 saturated heterocycles. The lowest BCUT2D eigenvalue weighted by Gasteiger charge is -2.23. The third kappa shape index (κ3) is 8.01. The summed E-state index contributed by atoms with van der Waals surface area (Å²) in [6, 6.07) is 7.73. The number of hydrogen-bond acceptors (Lipinski definition) is 3. The molecule has 5 heteroatoms. The zero-order chi connectivity index (χ0) is 17.9. The summed E-state index contributed by atoms with van der Waals surface area (Å²) in [6.45, 7) is 8.68. The fourth-order valence-corrected chi connectivity index (χ4v) is 2.75. The fraction of sp³-hybridized carbons (Fsp3) is 0.632. The number of nitrogens with one attached hydrogen (secondary N) is 1. The Morgan fingerprint density at radius 1 is 1.21 bits per heavy atom. The van der Waals surface area contributed by atoms with Crippen LogP contribution in [0.5, 0.6) is 5.75 Å². The first kappa shape index (κ1) is 20.8. The molecule has 136 valence electrons. The smallest absolute Gasteiger partial charge is 0.407 e. The Kier molecular flexibility index (Phi) is 9.78. The van der Waals surface area contributed by atoms with Crippen LogP contribution in [0, 0.1) is 0 Å². The molecular formula is C19H32NO3P. The van der Waals surface area contributed by atoms with Crippen molar-refractivity contribution in [2.24, 2.45) is 0 Å². The third-order valence-electron chi connectivity index (χ3n) is 3.62. The predicted octanol–water partition coefficient (Wildman–Crippen LogP) is 5.09. The van der Waals surface area contributed by atoms with Gasteiger partial charge >= 0.3 is 6.09 Å². The van der Waals surface area contributed by atoms with Crippen molar-refractivity contribution in [3.8, 4) is 5.75 Å². The van der Waals surface area contributed by atoms with E-state index in [2.05, 4.69) is 21.5 Å². The molecular weight excluding hydrogens is 321 g/mol. The maximum Gasteiger partial charge on any atom is 0.407 e. The van der Waals surface area contributed by atoms with Crippen LogP contribution in [0.4, 0.5) is 4.79 Å². The number of alkyl carbamates (subject to hydrolysis) is 1. The maximum atomic E-state index is 12.1. The molecule has 0 aliphatic heterocycles. The molecule has 0 aromatic heterocycles. The fourth-order valence-electron chi connectivity index (χ4n) is 2.43. The first-order chi connectivity index (χ1) is 11.4. The maximum absolute atomic E-state index is 12.1. The minimum atomic E-state index is -0.360. The van der Waals surface area contributed by atoms with E-state index in [1.807, 2.05) is 45.0 Å². The highest BCUT2D eigenvalue weighted by Crippen LogP contribution is 2.26. The Bertz CT molecular complexity index is 491. The van der Waals surface area contributed by atoms with Gasteiger partial charge in [0.25, 0.3) is 0 Å². The molecule has 24 heavy (non-hydrogen) atoms. The molecule has 0 spiro atoms. The topological polar surface area (TPSA) is 47.6 Å². The number of benzene rings is 1. The molecule has 1 amide bonds. The third-order valence-corrected chi connectivity index (χ3v) is 4.00. The Balaban J connectivity index is 2.62. The molecule has 0 aliphatic carbocycles. The van der Waals surface area contributed by atoms with Crippen molar-refractivity contribution in [2.75, 3.05) is 6.61 Å². The summed E-state index contributed by atoms with van der Waals surface area (Å²) in [5.74, 6) is 0.813. The summed E-state index contributed by atoms with van der Waals surface area (Å²) in [5, 5.41) is 2.97. The van der Waals surface area contributed by atoms with Crippen LogP contribution >= 0.6 is 9.24 Å². The van der Waals surface area contributed by atoms with Crippen LogP contribution < -0.4 is 10.1 Å². The lowest BCUT2D eigenvalue weighted by atomic mass is 10.0.